The zero-order valence-electron chi connectivity index (χ0n) is 8.18. The molecular weight excluding hydrogens is 262 g/mol. The van der Waals surface area contributed by atoms with Gasteiger partial charge in [-0.15, -0.1) is 11.3 Å². The van der Waals surface area contributed by atoms with Crippen LogP contribution in [0.2, 0.25) is 0 Å². The van der Waals surface area contributed by atoms with Gasteiger partial charge in [-0.1, -0.05) is 0 Å². The highest BCUT2D eigenvalue weighted by molar-refractivity contribution is 9.10. The number of rotatable bonds is 2. The Hall–Kier alpha value is -0.0600. The Morgan fingerprint density at radius 3 is 3.07 bits per heavy atom. The van der Waals surface area contributed by atoms with E-state index in [-0.39, 0.29) is 0 Å². The Balaban J connectivity index is 1.95. The highest BCUT2D eigenvalue weighted by Gasteiger charge is 2.15. The lowest BCUT2D eigenvalue weighted by molar-refractivity contribution is 0.172. The normalized spacial score (nSPS) is 22.3. The largest absolute Gasteiger partial charge is 0.479 e. The Kier molecular flexibility index (Phi) is 3.47. The van der Waals surface area contributed by atoms with Crippen LogP contribution in [0.15, 0.2) is 10.5 Å². The lowest BCUT2D eigenvalue weighted by atomic mass is 10.1. The van der Waals surface area contributed by atoms with Crippen LogP contribution in [-0.2, 0) is 0 Å². The molecule has 0 saturated carbocycles. The third-order valence-corrected chi connectivity index (χ3v) is 4.40. The van der Waals surface area contributed by atoms with Crippen LogP contribution in [0.4, 0.5) is 0 Å². The number of nitrogens with one attached hydrogen (secondary N) is 1. The third-order valence-electron chi connectivity index (χ3n) is 2.37. The summed E-state index contributed by atoms with van der Waals surface area (Å²) in [6.07, 6.45) is 2.74. The molecule has 2 nitrogen and oxygen atoms in total. The molecule has 1 aromatic heterocycles. The van der Waals surface area contributed by atoms with E-state index < -0.39 is 0 Å². The van der Waals surface area contributed by atoms with Gasteiger partial charge in [-0.2, -0.15) is 0 Å². The van der Waals surface area contributed by atoms with Crippen LogP contribution < -0.4 is 10.1 Å². The Morgan fingerprint density at radius 1 is 1.64 bits per heavy atom. The predicted molar refractivity (Wildman–Crippen MR) is 63.3 cm³/mol. The van der Waals surface area contributed by atoms with E-state index in [1.807, 2.05) is 0 Å². The summed E-state index contributed by atoms with van der Waals surface area (Å²) in [5.74, 6) is 0. The van der Waals surface area contributed by atoms with Crippen LogP contribution in [0, 0.1) is 6.92 Å². The van der Waals surface area contributed by atoms with Gasteiger partial charge in [-0.3, -0.25) is 0 Å². The summed E-state index contributed by atoms with van der Waals surface area (Å²) in [7, 11) is 0. The van der Waals surface area contributed by atoms with Crippen molar-refractivity contribution in [2.45, 2.75) is 25.9 Å². The van der Waals surface area contributed by atoms with Gasteiger partial charge < -0.3 is 10.1 Å². The quantitative estimate of drug-likeness (QED) is 0.896. The van der Waals surface area contributed by atoms with Crippen molar-refractivity contribution in [3.63, 3.8) is 0 Å². The molecule has 0 aliphatic carbocycles. The molecule has 0 bridgehead atoms. The standard InChI is InChI=1S/C10H14BrNOS/c1-7-9(11)5-10(14-7)13-8-3-2-4-12-6-8/h5,8,12H,2-4,6H2,1H3. The van der Waals surface area contributed by atoms with Crippen LogP contribution in [0.1, 0.15) is 17.7 Å². The zero-order chi connectivity index (χ0) is 9.97. The van der Waals surface area contributed by atoms with Gasteiger partial charge in [0.15, 0.2) is 5.06 Å². The number of halogens is 1. The maximum absolute atomic E-state index is 5.88. The molecule has 1 fully saturated rings. The topological polar surface area (TPSA) is 21.3 Å². The molecule has 0 amide bonds. The van der Waals surface area contributed by atoms with Crippen molar-refractivity contribution >= 4 is 27.3 Å². The molecule has 1 N–H and O–H groups in total. The van der Waals surface area contributed by atoms with Gasteiger partial charge in [-0.25, -0.2) is 0 Å². The predicted octanol–water partition coefficient (Wildman–Crippen LogP) is 2.95. The number of piperidine rings is 1. The average Bonchev–Trinajstić information content (AvgIpc) is 2.47. The number of hydrogen-bond acceptors (Lipinski definition) is 3. The van der Waals surface area contributed by atoms with E-state index in [0.29, 0.717) is 6.10 Å². The molecule has 0 aromatic carbocycles. The van der Waals surface area contributed by atoms with E-state index in [9.17, 15) is 0 Å². The summed E-state index contributed by atoms with van der Waals surface area (Å²) >= 11 is 5.21. The second-order valence-electron chi connectivity index (χ2n) is 3.56. The summed E-state index contributed by atoms with van der Waals surface area (Å²) in [5, 5.41) is 4.38. The summed E-state index contributed by atoms with van der Waals surface area (Å²) < 4.78 is 7.04. The van der Waals surface area contributed by atoms with E-state index >= 15 is 0 Å². The molecule has 1 unspecified atom stereocenters. The van der Waals surface area contributed by atoms with Gasteiger partial charge in [-0.05, 0) is 42.2 Å². The smallest absolute Gasteiger partial charge is 0.175 e. The highest BCUT2D eigenvalue weighted by Crippen LogP contribution is 2.33. The fourth-order valence-corrected chi connectivity index (χ4v) is 3.00. The molecule has 2 rings (SSSR count). The van der Waals surface area contributed by atoms with Crippen molar-refractivity contribution in [3.05, 3.63) is 15.4 Å². The SMILES string of the molecule is Cc1sc(OC2CCCNC2)cc1Br. The first-order chi connectivity index (χ1) is 6.75. The lowest BCUT2D eigenvalue weighted by Crippen LogP contribution is -2.36. The van der Waals surface area contributed by atoms with Crippen molar-refractivity contribution < 1.29 is 4.74 Å². The molecule has 1 saturated heterocycles. The van der Waals surface area contributed by atoms with Crippen LogP contribution in [0.3, 0.4) is 0 Å². The first-order valence-corrected chi connectivity index (χ1v) is 6.50. The summed E-state index contributed by atoms with van der Waals surface area (Å²) in [6, 6.07) is 2.06. The Bertz CT molecular complexity index is 288. The van der Waals surface area contributed by atoms with Crippen molar-refractivity contribution in [2.24, 2.45) is 0 Å². The fourth-order valence-electron chi connectivity index (χ4n) is 1.58. The van der Waals surface area contributed by atoms with Gasteiger partial charge in [0.25, 0.3) is 0 Å². The van der Waals surface area contributed by atoms with Crippen LogP contribution in [-0.4, -0.2) is 19.2 Å². The van der Waals surface area contributed by atoms with Gasteiger partial charge in [0.05, 0.1) is 0 Å². The average molecular weight is 276 g/mol. The molecule has 4 heteroatoms. The van der Waals surface area contributed by atoms with E-state index in [2.05, 4.69) is 34.2 Å². The van der Waals surface area contributed by atoms with Crippen molar-refractivity contribution in [3.8, 4) is 5.06 Å². The second-order valence-corrected chi connectivity index (χ2v) is 5.63. The van der Waals surface area contributed by atoms with Crippen molar-refractivity contribution in [1.29, 1.82) is 0 Å². The van der Waals surface area contributed by atoms with Crippen LogP contribution in [0.5, 0.6) is 5.06 Å². The van der Waals surface area contributed by atoms with E-state index in [1.54, 1.807) is 11.3 Å². The van der Waals surface area contributed by atoms with Gasteiger partial charge >= 0.3 is 0 Å². The van der Waals surface area contributed by atoms with E-state index in [4.69, 9.17) is 4.74 Å². The maximum atomic E-state index is 5.88. The van der Waals surface area contributed by atoms with Gasteiger partial charge in [0.1, 0.15) is 6.10 Å². The summed E-state index contributed by atoms with van der Waals surface area (Å²) in [4.78, 5) is 1.28. The van der Waals surface area contributed by atoms with Crippen LogP contribution in [0.25, 0.3) is 0 Å². The Labute approximate surface area is 96.8 Å². The number of thiophene rings is 1. The minimum Gasteiger partial charge on any atom is -0.479 e. The molecule has 78 valence electrons. The molecule has 1 aliphatic rings. The first kappa shape index (κ1) is 10.5. The van der Waals surface area contributed by atoms with Gasteiger partial charge in [0.2, 0.25) is 0 Å². The minimum absolute atomic E-state index is 0.355. The molecule has 14 heavy (non-hydrogen) atoms. The molecule has 1 aliphatic heterocycles. The lowest BCUT2D eigenvalue weighted by Gasteiger charge is -2.22. The molecule has 1 aromatic rings. The highest BCUT2D eigenvalue weighted by atomic mass is 79.9. The molecule has 1 atom stereocenters. The maximum Gasteiger partial charge on any atom is 0.175 e. The number of ether oxygens (including phenoxy) is 1. The second kappa shape index (κ2) is 4.64. The molecular formula is C10H14BrNOS. The van der Waals surface area contributed by atoms with Crippen molar-refractivity contribution in [1.82, 2.24) is 5.32 Å². The van der Waals surface area contributed by atoms with E-state index in [1.165, 1.54) is 17.7 Å². The summed E-state index contributed by atoms with van der Waals surface area (Å²) in [5.41, 5.74) is 0. The number of hydrogen-bond donors (Lipinski definition) is 1. The molecule has 2 heterocycles. The minimum atomic E-state index is 0.355. The van der Waals surface area contributed by atoms with Crippen molar-refractivity contribution in [2.75, 3.05) is 13.1 Å². The molecule has 0 radical (unpaired) electrons. The first-order valence-electron chi connectivity index (χ1n) is 4.89. The third kappa shape index (κ3) is 2.49. The van der Waals surface area contributed by atoms with Gasteiger partial charge in [0, 0.05) is 22.0 Å². The molecule has 0 spiro atoms. The zero-order valence-corrected chi connectivity index (χ0v) is 10.6. The fraction of sp³-hybridized carbons (Fsp3) is 0.600. The van der Waals surface area contributed by atoms with E-state index in [0.717, 1.165) is 22.6 Å². The monoisotopic (exact) mass is 275 g/mol. The Morgan fingerprint density at radius 2 is 2.50 bits per heavy atom. The summed E-state index contributed by atoms with van der Waals surface area (Å²) in [6.45, 7) is 4.21. The number of aryl methyl sites for hydroxylation is 1. The van der Waals surface area contributed by atoms with Crippen LogP contribution >= 0.6 is 27.3 Å².